The number of nitrogen functional groups attached to an aromatic ring is 1. The Morgan fingerprint density at radius 2 is 2.21 bits per heavy atom. The van der Waals surface area contributed by atoms with Gasteiger partial charge in [-0.05, 0) is 6.42 Å². The molecule has 3 N–H and O–H groups in total. The number of aliphatic hydroxyl groups excluding tert-OH is 1. The fraction of sp³-hybridized carbons (Fsp3) is 0.583. The molecule has 102 valence electrons. The van der Waals surface area contributed by atoms with E-state index >= 15 is 0 Å². The summed E-state index contributed by atoms with van der Waals surface area (Å²) in [5.74, 6) is 0.320. The predicted octanol–water partition coefficient (Wildman–Crippen LogP) is 0.713. The molecule has 1 aliphatic rings. The van der Waals surface area contributed by atoms with Gasteiger partial charge in [0, 0.05) is 5.92 Å². The second-order valence-electron chi connectivity index (χ2n) is 4.91. The molecule has 1 aliphatic heterocycles. The van der Waals surface area contributed by atoms with Crippen LogP contribution in [0.25, 0.3) is 11.2 Å². The molecule has 19 heavy (non-hydrogen) atoms. The fourth-order valence-electron chi connectivity index (χ4n) is 2.60. The molecule has 0 aromatic carbocycles. The lowest BCUT2D eigenvalue weighted by Gasteiger charge is -2.17. The highest BCUT2D eigenvalue weighted by molar-refractivity contribution is 5.81. The number of nitrogens with two attached hydrogens (primary N) is 1. The Morgan fingerprint density at radius 1 is 1.42 bits per heavy atom. The van der Waals surface area contributed by atoms with Crippen LogP contribution in [0.5, 0.6) is 0 Å². The van der Waals surface area contributed by atoms with Crippen LogP contribution >= 0.6 is 0 Å². The summed E-state index contributed by atoms with van der Waals surface area (Å²) in [5, 5.41) is 10.1. The van der Waals surface area contributed by atoms with Gasteiger partial charge in [0.25, 0.3) is 0 Å². The van der Waals surface area contributed by atoms with Gasteiger partial charge in [0.05, 0.1) is 18.5 Å². The van der Waals surface area contributed by atoms with Crippen LogP contribution in [0, 0.1) is 5.92 Å². The maximum absolute atomic E-state index is 10.1. The van der Waals surface area contributed by atoms with E-state index in [1.807, 2.05) is 18.4 Å². The van der Waals surface area contributed by atoms with Gasteiger partial charge in [-0.15, -0.1) is 0 Å². The number of rotatable bonds is 2. The Kier molecular flexibility index (Phi) is 2.87. The van der Waals surface area contributed by atoms with Gasteiger partial charge in [0.2, 0.25) is 0 Å². The van der Waals surface area contributed by atoms with Crippen molar-refractivity contribution in [2.75, 3.05) is 5.73 Å². The molecule has 2 aromatic heterocycles. The Hall–Kier alpha value is -1.73. The van der Waals surface area contributed by atoms with E-state index in [0.717, 1.165) is 6.42 Å². The van der Waals surface area contributed by atoms with E-state index in [1.54, 1.807) is 6.33 Å². The summed E-state index contributed by atoms with van der Waals surface area (Å²) in [6, 6.07) is 0. The van der Waals surface area contributed by atoms with E-state index in [4.69, 9.17) is 10.5 Å². The second kappa shape index (κ2) is 4.43. The highest BCUT2D eigenvalue weighted by atomic mass is 16.5. The predicted molar refractivity (Wildman–Crippen MR) is 69.1 cm³/mol. The largest absolute Gasteiger partial charge is 0.390 e. The number of aromatic nitrogens is 4. The molecular formula is C12H17N5O2. The van der Waals surface area contributed by atoms with Crippen molar-refractivity contribution < 1.29 is 9.84 Å². The van der Waals surface area contributed by atoms with Gasteiger partial charge in [0.15, 0.2) is 11.5 Å². The number of hydrogen-bond acceptors (Lipinski definition) is 6. The number of nitrogens with zero attached hydrogens (tertiary/aromatic N) is 4. The van der Waals surface area contributed by atoms with E-state index in [-0.39, 0.29) is 18.2 Å². The molecule has 2 aromatic rings. The molecule has 7 heteroatoms. The van der Waals surface area contributed by atoms with Crippen LogP contribution in [0.2, 0.25) is 0 Å². The van der Waals surface area contributed by atoms with Crippen molar-refractivity contribution in [2.45, 2.75) is 38.7 Å². The Morgan fingerprint density at radius 3 is 2.89 bits per heavy atom. The third kappa shape index (κ3) is 1.77. The average Bonchev–Trinajstić information content (AvgIpc) is 2.94. The molecule has 7 nitrogen and oxygen atoms in total. The summed E-state index contributed by atoms with van der Waals surface area (Å²) in [7, 11) is 0. The zero-order valence-corrected chi connectivity index (χ0v) is 10.9. The van der Waals surface area contributed by atoms with Gasteiger partial charge in [-0.3, -0.25) is 4.57 Å². The lowest BCUT2D eigenvalue weighted by Crippen LogP contribution is -2.24. The minimum atomic E-state index is -0.480. The minimum absolute atomic E-state index is 0.0291. The van der Waals surface area contributed by atoms with Gasteiger partial charge >= 0.3 is 0 Å². The summed E-state index contributed by atoms with van der Waals surface area (Å²) >= 11 is 0. The first kappa shape index (κ1) is 12.3. The highest BCUT2D eigenvalue weighted by Crippen LogP contribution is 2.37. The summed E-state index contributed by atoms with van der Waals surface area (Å²) < 4.78 is 7.72. The summed E-state index contributed by atoms with van der Waals surface area (Å²) in [6.45, 7) is 3.95. The standard InChI is InChI=1S/C12H17N5O2/c1-3-7-9(18)6(2)12(19-7)17-5-16-8-10(13)14-4-15-11(8)17/h4-7,9,12,18H,3H2,1-2H3,(H2,13,14,15). The van der Waals surface area contributed by atoms with Crippen molar-refractivity contribution in [3.05, 3.63) is 12.7 Å². The lowest BCUT2D eigenvalue weighted by atomic mass is 10.0. The van der Waals surface area contributed by atoms with Gasteiger partial charge in [-0.1, -0.05) is 13.8 Å². The third-order valence-corrected chi connectivity index (χ3v) is 3.75. The van der Waals surface area contributed by atoms with Crippen LogP contribution in [-0.2, 0) is 4.74 Å². The number of imidazole rings is 1. The SMILES string of the molecule is CCC1OC(n2cnc3c(N)ncnc32)C(C)C1O. The maximum atomic E-state index is 10.1. The molecule has 0 amide bonds. The van der Waals surface area contributed by atoms with Crippen LogP contribution in [0.15, 0.2) is 12.7 Å². The average molecular weight is 263 g/mol. The lowest BCUT2D eigenvalue weighted by molar-refractivity contribution is -0.0210. The molecule has 1 saturated heterocycles. The van der Waals surface area contributed by atoms with Crippen LogP contribution in [0.3, 0.4) is 0 Å². The maximum Gasteiger partial charge on any atom is 0.167 e. The monoisotopic (exact) mass is 263 g/mol. The Balaban J connectivity index is 2.04. The molecule has 0 aliphatic carbocycles. The second-order valence-corrected chi connectivity index (χ2v) is 4.91. The zero-order valence-electron chi connectivity index (χ0n) is 10.9. The van der Waals surface area contributed by atoms with Crippen molar-refractivity contribution in [1.29, 1.82) is 0 Å². The number of ether oxygens (including phenoxy) is 1. The molecule has 3 heterocycles. The van der Waals surface area contributed by atoms with Crippen molar-refractivity contribution in [1.82, 2.24) is 19.5 Å². The van der Waals surface area contributed by atoms with E-state index in [2.05, 4.69) is 15.0 Å². The van der Waals surface area contributed by atoms with E-state index in [1.165, 1.54) is 6.33 Å². The van der Waals surface area contributed by atoms with Crippen LogP contribution in [0.4, 0.5) is 5.82 Å². The quantitative estimate of drug-likeness (QED) is 0.828. The van der Waals surface area contributed by atoms with Crippen molar-refractivity contribution in [2.24, 2.45) is 5.92 Å². The Labute approximate surface area is 110 Å². The smallest absolute Gasteiger partial charge is 0.167 e. The first-order valence-electron chi connectivity index (χ1n) is 6.40. The van der Waals surface area contributed by atoms with Gasteiger partial charge in [-0.2, -0.15) is 0 Å². The van der Waals surface area contributed by atoms with Crippen LogP contribution < -0.4 is 5.73 Å². The summed E-state index contributed by atoms with van der Waals surface area (Å²) in [4.78, 5) is 12.3. The minimum Gasteiger partial charge on any atom is -0.390 e. The topological polar surface area (TPSA) is 99.1 Å². The number of hydrogen-bond donors (Lipinski definition) is 2. The van der Waals surface area contributed by atoms with E-state index < -0.39 is 6.10 Å². The van der Waals surface area contributed by atoms with Crippen molar-refractivity contribution in [3.8, 4) is 0 Å². The first-order valence-corrected chi connectivity index (χ1v) is 6.40. The molecule has 3 rings (SSSR count). The molecular weight excluding hydrogens is 246 g/mol. The van der Waals surface area contributed by atoms with Crippen LogP contribution in [-0.4, -0.2) is 36.8 Å². The number of anilines is 1. The van der Waals surface area contributed by atoms with E-state index in [9.17, 15) is 5.11 Å². The first-order chi connectivity index (χ1) is 9.13. The third-order valence-electron chi connectivity index (χ3n) is 3.75. The van der Waals surface area contributed by atoms with E-state index in [0.29, 0.717) is 17.0 Å². The zero-order chi connectivity index (χ0) is 13.6. The van der Waals surface area contributed by atoms with Crippen LogP contribution in [0.1, 0.15) is 26.5 Å². The summed E-state index contributed by atoms with van der Waals surface area (Å²) in [5.41, 5.74) is 6.96. The number of fused-ring (bicyclic) bond motifs is 1. The highest BCUT2D eigenvalue weighted by Gasteiger charge is 2.41. The van der Waals surface area contributed by atoms with Gasteiger partial charge in [-0.25, -0.2) is 15.0 Å². The molecule has 0 bridgehead atoms. The molecule has 0 radical (unpaired) electrons. The molecule has 0 spiro atoms. The van der Waals surface area contributed by atoms with Crippen molar-refractivity contribution >= 4 is 17.0 Å². The fourth-order valence-corrected chi connectivity index (χ4v) is 2.60. The normalized spacial score (nSPS) is 31.1. The molecule has 4 unspecified atom stereocenters. The molecule has 4 atom stereocenters. The molecule has 1 fully saturated rings. The number of aliphatic hydroxyl groups is 1. The Bertz CT molecular complexity index is 599. The van der Waals surface area contributed by atoms with Crippen molar-refractivity contribution in [3.63, 3.8) is 0 Å². The summed E-state index contributed by atoms with van der Waals surface area (Å²) in [6.07, 6.45) is 2.90. The molecule has 0 saturated carbocycles. The van der Waals surface area contributed by atoms with Gasteiger partial charge < -0.3 is 15.6 Å². The van der Waals surface area contributed by atoms with Gasteiger partial charge in [0.1, 0.15) is 18.1 Å².